The topological polar surface area (TPSA) is 49.3 Å². The molecule has 3 aromatic rings. The monoisotopic (exact) mass is 422 g/mol. The van der Waals surface area contributed by atoms with E-state index in [0.717, 1.165) is 43.0 Å². The number of hydrogen-bond acceptors (Lipinski definition) is 5. The van der Waals surface area contributed by atoms with E-state index in [4.69, 9.17) is 0 Å². The van der Waals surface area contributed by atoms with Gasteiger partial charge in [0, 0.05) is 37.5 Å². The molecule has 1 aromatic carbocycles. The summed E-state index contributed by atoms with van der Waals surface area (Å²) >= 11 is 1.73. The van der Waals surface area contributed by atoms with Crippen LogP contribution in [0.25, 0.3) is 10.2 Å². The molecular formula is C24H30N4OS. The van der Waals surface area contributed by atoms with Crippen molar-refractivity contribution in [1.82, 2.24) is 14.9 Å². The van der Waals surface area contributed by atoms with E-state index in [-0.39, 0.29) is 11.8 Å². The van der Waals surface area contributed by atoms with Crippen LogP contribution in [0, 0.1) is 19.8 Å². The van der Waals surface area contributed by atoms with Gasteiger partial charge in [0.1, 0.15) is 17.0 Å². The van der Waals surface area contributed by atoms with Crippen LogP contribution in [0.1, 0.15) is 41.3 Å². The maximum atomic E-state index is 13.0. The zero-order valence-corrected chi connectivity index (χ0v) is 19.1. The number of anilines is 1. The Morgan fingerprint density at radius 2 is 1.80 bits per heavy atom. The number of fused-ring (bicyclic) bond motifs is 1. The van der Waals surface area contributed by atoms with E-state index in [1.807, 2.05) is 11.9 Å². The van der Waals surface area contributed by atoms with Gasteiger partial charge >= 0.3 is 0 Å². The van der Waals surface area contributed by atoms with Gasteiger partial charge in [-0.15, -0.1) is 11.3 Å². The van der Waals surface area contributed by atoms with Crippen LogP contribution in [-0.2, 0) is 17.8 Å². The van der Waals surface area contributed by atoms with Crippen molar-refractivity contribution in [3.05, 3.63) is 52.2 Å². The number of aryl methyl sites for hydroxylation is 3. The van der Waals surface area contributed by atoms with Crippen molar-refractivity contribution in [1.29, 1.82) is 0 Å². The third-order valence-electron chi connectivity index (χ3n) is 6.32. The molecule has 1 aliphatic heterocycles. The minimum Gasteiger partial charge on any atom is -0.356 e. The normalized spacial score (nSPS) is 15.0. The molecule has 5 nitrogen and oxygen atoms in total. The average molecular weight is 423 g/mol. The van der Waals surface area contributed by atoms with Crippen molar-refractivity contribution < 1.29 is 4.79 Å². The highest BCUT2D eigenvalue weighted by Gasteiger charge is 2.29. The second kappa shape index (κ2) is 8.72. The van der Waals surface area contributed by atoms with Crippen molar-refractivity contribution in [3.8, 4) is 0 Å². The molecule has 4 rings (SSSR count). The number of amides is 1. The number of carbonyl (C=O) groups is 1. The fraction of sp³-hybridized carbons (Fsp3) is 0.458. The van der Waals surface area contributed by atoms with Gasteiger partial charge in [0.25, 0.3) is 0 Å². The van der Waals surface area contributed by atoms with E-state index in [2.05, 4.69) is 59.9 Å². The van der Waals surface area contributed by atoms with E-state index in [9.17, 15) is 4.79 Å². The van der Waals surface area contributed by atoms with Crippen molar-refractivity contribution in [3.63, 3.8) is 0 Å². The van der Waals surface area contributed by atoms with Crippen LogP contribution in [0.2, 0.25) is 0 Å². The lowest BCUT2D eigenvalue weighted by Gasteiger charge is -2.34. The van der Waals surface area contributed by atoms with Crippen molar-refractivity contribution in [2.45, 2.75) is 46.6 Å². The molecule has 0 N–H and O–H groups in total. The molecule has 6 heteroatoms. The molecule has 30 heavy (non-hydrogen) atoms. The van der Waals surface area contributed by atoms with Crippen LogP contribution in [-0.4, -0.2) is 40.9 Å². The largest absolute Gasteiger partial charge is 0.356 e. The minimum atomic E-state index is 0.0869. The summed E-state index contributed by atoms with van der Waals surface area (Å²) in [4.78, 5) is 28.7. The standard InChI is InChI=1S/C24H30N4OS/c1-5-18-6-8-19(9-7-18)14-27(4)24(29)20-10-12-28(13-11-20)22-21-16(2)17(3)30-23(21)26-15-25-22/h6-9,15,20H,5,10-14H2,1-4H3. The molecule has 1 amide bonds. The maximum absolute atomic E-state index is 13.0. The Morgan fingerprint density at radius 3 is 2.47 bits per heavy atom. The van der Waals surface area contributed by atoms with E-state index >= 15 is 0 Å². The number of benzene rings is 1. The molecule has 0 saturated carbocycles. The van der Waals surface area contributed by atoms with E-state index in [0.29, 0.717) is 6.54 Å². The maximum Gasteiger partial charge on any atom is 0.225 e. The molecular weight excluding hydrogens is 392 g/mol. The smallest absolute Gasteiger partial charge is 0.225 e. The number of thiophene rings is 1. The van der Waals surface area contributed by atoms with Crippen LogP contribution < -0.4 is 4.90 Å². The summed E-state index contributed by atoms with van der Waals surface area (Å²) in [5.74, 6) is 1.37. The fourth-order valence-corrected chi connectivity index (χ4v) is 5.28. The predicted octanol–water partition coefficient (Wildman–Crippen LogP) is 4.75. The van der Waals surface area contributed by atoms with Gasteiger partial charge in [-0.25, -0.2) is 9.97 Å². The SMILES string of the molecule is CCc1ccc(CN(C)C(=O)C2CCN(c3ncnc4sc(C)c(C)c34)CC2)cc1. The van der Waals surface area contributed by atoms with Gasteiger partial charge < -0.3 is 9.80 Å². The fourth-order valence-electron chi connectivity index (χ4n) is 4.29. The van der Waals surface area contributed by atoms with Crippen LogP contribution in [0.15, 0.2) is 30.6 Å². The Balaban J connectivity index is 1.40. The van der Waals surface area contributed by atoms with Crippen molar-refractivity contribution in [2.75, 3.05) is 25.0 Å². The quantitative estimate of drug-likeness (QED) is 0.596. The Labute approximate surface area is 182 Å². The highest BCUT2D eigenvalue weighted by Crippen LogP contribution is 2.35. The summed E-state index contributed by atoms with van der Waals surface area (Å²) in [5, 5.41) is 1.18. The van der Waals surface area contributed by atoms with Gasteiger partial charge in [-0.2, -0.15) is 0 Å². The number of nitrogens with zero attached hydrogens (tertiary/aromatic N) is 4. The molecule has 0 bridgehead atoms. The first-order valence-corrected chi connectivity index (χ1v) is 11.6. The summed E-state index contributed by atoms with van der Waals surface area (Å²) in [6, 6.07) is 8.58. The van der Waals surface area contributed by atoms with E-state index in [1.54, 1.807) is 17.7 Å². The number of piperidine rings is 1. The summed E-state index contributed by atoms with van der Waals surface area (Å²) in [7, 11) is 1.92. The summed E-state index contributed by atoms with van der Waals surface area (Å²) < 4.78 is 0. The molecule has 158 valence electrons. The van der Waals surface area contributed by atoms with Crippen LogP contribution in [0.4, 0.5) is 5.82 Å². The molecule has 0 spiro atoms. The first-order chi connectivity index (χ1) is 14.5. The molecule has 1 aliphatic rings. The molecule has 2 aromatic heterocycles. The predicted molar refractivity (Wildman–Crippen MR) is 124 cm³/mol. The van der Waals surface area contributed by atoms with Crippen LogP contribution in [0.5, 0.6) is 0 Å². The summed E-state index contributed by atoms with van der Waals surface area (Å²) in [6.07, 6.45) is 4.44. The second-order valence-corrected chi connectivity index (χ2v) is 9.49. The third kappa shape index (κ3) is 4.06. The Bertz CT molecular complexity index is 1040. The van der Waals surface area contributed by atoms with Gasteiger partial charge in [0.2, 0.25) is 5.91 Å². The average Bonchev–Trinajstić information content (AvgIpc) is 3.07. The molecule has 1 fully saturated rings. The van der Waals surface area contributed by atoms with E-state index < -0.39 is 0 Å². The molecule has 0 unspecified atom stereocenters. The molecule has 3 heterocycles. The minimum absolute atomic E-state index is 0.0869. The van der Waals surface area contributed by atoms with Gasteiger partial charge in [0.15, 0.2) is 0 Å². The second-order valence-electron chi connectivity index (χ2n) is 8.29. The van der Waals surface area contributed by atoms with Gasteiger partial charge in [-0.3, -0.25) is 4.79 Å². The number of aromatic nitrogens is 2. The van der Waals surface area contributed by atoms with E-state index in [1.165, 1.54) is 27.0 Å². The Morgan fingerprint density at radius 1 is 1.13 bits per heavy atom. The van der Waals surface area contributed by atoms with Crippen molar-refractivity contribution in [2.24, 2.45) is 5.92 Å². The number of hydrogen-bond donors (Lipinski definition) is 0. The Hall–Kier alpha value is -2.47. The Kier molecular flexibility index (Phi) is 6.04. The van der Waals surface area contributed by atoms with Gasteiger partial charge in [-0.1, -0.05) is 31.2 Å². The lowest BCUT2D eigenvalue weighted by Crippen LogP contribution is -2.41. The van der Waals surface area contributed by atoms with Crippen LogP contribution in [0.3, 0.4) is 0 Å². The summed E-state index contributed by atoms with van der Waals surface area (Å²) in [6.45, 7) is 8.83. The summed E-state index contributed by atoms with van der Waals surface area (Å²) in [5.41, 5.74) is 3.79. The number of rotatable bonds is 5. The van der Waals surface area contributed by atoms with Gasteiger partial charge in [-0.05, 0) is 49.8 Å². The molecule has 0 aliphatic carbocycles. The molecule has 0 atom stereocenters. The zero-order valence-electron chi connectivity index (χ0n) is 18.3. The lowest BCUT2D eigenvalue weighted by molar-refractivity contribution is -0.135. The highest BCUT2D eigenvalue weighted by molar-refractivity contribution is 7.18. The molecule has 0 radical (unpaired) electrons. The highest BCUT2D eigenvalue weighted by atomic mass is 32.1. The first-order valence-electron chi connectivity index (χ1n) is 10.8. The molecule has 1 saturated heterocycles. The van der Waals surface area contributed by atoms with Gasteiger partial charge in [0.05, 0.1) is 5.39 Å². The third-order valence-corrected chi connectivity index (χ3v) is 7.43. The number of carbonyl (C=O) groups excluding carboxylic acids is 1. The van der Waals surface area contributed by atoms with Crippen molar-refractivity contribution >= 4 is 33.3 Å². The zero-order chi connectivity index (χ0) is 21.3. The lowest BCUT2D eigenvalue weighted by atomic mass is 9.95. The first kappa shape index (κ1) is 20.8. The van der Waals surface area contributed by atoms with Crippen LogP contribution >= 0.6 is 11.3 Å².